The molecule has 2 N–H and O–H groups in total. The Balaban J connectivity index is 1.69. The average molecular weight is 306 g/mol. The normalized spacial score (nSPS) is 16.4. The first-order chi connectivity index (χ1) is 10.4. The Morgan fingerprint density at radius 2 is 1.19 bits per heavy atom. The van der Waals surface area contributed by atoms with Gasteiger partial charge in [0.15, 0.2) is 0 Å². The minimum atomic E-state index is 0.0533. The third-order valence-electron chi connectivity index (χ3n) is 3.11. The standard InChI is InChI=1S/C14H30N2O5/c17-6-8-19-10-12-21-14-13-20-11-9-18-7-5-16-3-1-15-2-4-16/h15,17H,1-14H2. The van der Waals surface area contributed by atoms with Crippen LogP contribution in [-0.2, 0) is 18.9 Å². The SMILES string of the molecule is OCCOCCOCCOCCOCCN1CCNCC1. The number of rotatable bonds is 14. The average Bonchev–Trinajstić information content (AvgIpc) is 2.53. The van der Waals surface area contributed by atoms with Gasteiger partial charge in [0.05, 0.1) is 59.5 Å². The Morgan fingerprint density at radius 3 is 1.71 bits per heavy atom. The molecular formula is C14H30N2O5. The fourth-order valence-electron chi connectivity index (χ4n) is 1.95. The minimum absolute atomic E-state index is 0.0533. The van der Waals surface area contributed by atoms with Gasteiger partial charge >= 0.3 is 0 Å². The molecule has 0 radical (unpaired) electrons. The molecule has 0 atom stereocenters. The van der Waals surface area contributed by atoms with Gasteiger partial charge in [0.2, 0.25) is 0 Å². The largest absolute Gasteiger partial charge is 0.394 e. The van der Waals surface area contributed by atoms with E-state index < -0.39 is 0 Å². The summed E-state index contributed by atoms with van der Waals surface area (Å²) >= 11 is 0. The number of aliphatic hydroxyl groups is 1. The van der Waals surface area contributed by atoms with Gasteiger partial charge in [-0.3, -0.25) is 4.90 Å². The lowest BCUT2D eigenvalue weighted by molar-refractivity contribution is -0.00738. The molecular weight excluding hydrogens is 276 g/mol. The van der Waals surface area contributed by atoms with E-state index >= 15 is 0 Å². The zero-order valence-electron chi connectivity index (χ0n) is 12.9. The van der Waals surface area contributed by atoms with Gasteiger partial charge in [0.1, 0.15) is 0 Å². The van der Waals surface area contributed by atoms with Crippen molar-refractivity contribution in [3.63, 3.8) is 0 Å². The van der Waals surface area contributed by atoms with Crippen LogP contribution in [0.1, 0.15) is 0 Å². The van der Waals surface area contributed by atoms with Crippen molar-refractivity contribution in [2.24, 2.45) is 0 Å². The maximum absolute atomic E-state index is 8.50. The third kappa shape index (κ3) is 12.0. The second kappa shape index (κ2) is 14.6. The molecule has 0 saturated carbocycles. The Morgan fingerprint density at radius 1 is 0.714 bits per heavy atom. The summed E-state index contributed by atoms with van der Waals surface area (Å²) < 4.78 is 21.3. The Bertz CT molecular complexity index is 216. The topological polar surface area (TPSA) is 72.4 Å². The van der Waals surface area contributed by atoms with Gasteiger partial charge in [-0.15, -0.1) is 0 Å². The molecule has 1 rings (SSSR count). The quantitative estimate of drug-likeness (QED) is 0.397. The first-order valence-corrected chi connectivity index (χ1v) is 7.78. The highest BCUT2D eigenvalue weighted by Crippen LogP contribution is 1.91. The second-order valence-electron chi connectivity index (χ2n) is 4.76. The van der Waals surface area contributed by atoms with Crippen molar-refractivity contribution in [1.29, 1.82) is 0 Å². The molecule has 1 aliphatic heterocycles. The zero-order chi connectivity index (χ0) is 15.0. The van der Waals surface area contributed by atoms with Crippen LogP contribution in [0.4, 0.5) is 0 Å². The molecule has 21 heavy (non-hydrogen) atoms. The highest BCUT2D eigenvalue weighted by Gasteiger charge is 2.08. The van der Waals surface area contributed by atoms with Crippen LogP contribution < -0.4 is 5.32 Å². The number of aliphatic hydroxyl groups excluding tert-OH is 1. The van der Waals surface area contributed by atoms with Crippen molar-refractivity contribution in [3.8, 4) is 0 Å². The number of piperazine rings is 1. The molecule has 0 unspecified atom stereocenters. The Hall–Kier alpha value is -0.280. The van der Waals surface area contributed by atoms with Crippen molar-refractivity contribution in [2.45, 2.75) is 0 Å². The first kappa shape index (κ1) is 18.8. The van der Waals surface area contributed by atoms with Crippen LogP contribution in [0, 0.1) is 0 Å². The molecule has 1 aliphatic rings. The highest BCUT2D eigenvalue weighted by molar-refractivity contribution is 4.66. The summed E-state index contributed by atoms with van der Waals surface area (Å²) in [6.45, 7) is 9.96. The summed E-state index contributed by atoms with van der Waals surface area (Å²) in [7, 11) is 0. The zero-order valence-corrected chi connectivity index (χ0v) is 12.9. The van der Waals surface area contributed by atoms with Gasteiger partial charge in [-0.1, -0.05) is 0 Å². The van der Waals surface area contributed by atoms with E-state index in [9.17, 15) is 0 Å². The van der Waals surface area contributed by atoms with Crippen molar-refractivity contribution in [1.82, 2.24) is 10.2 Å². The van der Waals surface area contributed by atoms with Crippen molar-refractivity contribution in [2.75, 3.05) is 92.2 Å². The number of ether oxygens (including phenoxy) is 4. The van der Waals surface area contributed by atoms with Gasteiger partial charge in [-0.05, 0) is 0 Å². The predicted molar refractivity (Wildman–Crippen MR) is 79.7 cm³/mol. The van der Waals surface area contributed by atoms with Gasteiger partial charge in [-0.2, -0.15) is 0 Å². The molecule has 0 amide bonds. The summed E-state index contributed by atoms with van der Waals surface area (Å²) in [6, 6.07) is 0. The van der Waals surface area contributed by atoms with Gasteiger partial charge < -0.3 is 29.4 Å². The van der Waals surface area contributed by atoms with Crippen LogP contribution in [-0.4, -0.2) is 102 Å². The number of nitrogens with one attached hydrogen (secondary N) is 1. The maximum atomic E-state index is 8.50. The summed E-state index contributed by atoms with van der Waals surface area (Å²) in [5.41, 5.74) is 0. The number of nitrogens with zero attached hydrogens (tertiary/aromatic N) is 1. The van der Waals surface area contributed by atoms with Crippen LogP contribution in [0.2, 0.25) is 0 Å². The van der Waals surface area contributed by atoms with Gasteiger partial charge in [0, 0.05) is 32.7 Å². The predicted octanol–water partition coefficient (Wildman–Crippen LogP) is -1.05. The molecule has 0 aromatic rings. The molecule has 7 heteroatoms. The molecule has 126 valence electrons. The summed E-state index contributed by atoms with van der Waals surface area (Å²) in [5.74, 6) is 0. The molecule has 1 heterocycles. The van der Waals surface area contributed by atoms with E-state index in [4.69, 9.17) is 24.1 Å². The lowest BCUT2D eigenvalue weighted by Crippen LogP contribution is -2.44. The van der Waals surface area contributed by atoms with E-state index in [0.717, 1.165) is 39.3 Å². The molecule has 7 nitrogen and oxygen atoms in total. The smallest absolute Gasteiger partial charge is 0.0701 e. The van der Waals surface area contributed by atoms with E-state index in [1.54, 1.807) is 0 Å². The summed E-state index contributed by atoms with van der Waals surface area (Å²) in [4.78, 5) is 2.41. The molecule has 0 aliphatic carbocycles. The molecule has 1 fully saturated rings. The molecule has 0 aromatic heterocycles. The Labute approximate surface area is 127 Å². The van der Waals surface area contributed by atoms with Crippen LogP contribution >= 0.6 is 0 Å². The summed E-state index contributed by atoms with van der Waals surface area (Å²) in [5, 5.41) is 11.8. The van der Waals surface area contributed by atoms with Gasteiger partial charge in [0.25, 0.3) is 0 Å². The maximum Gasteiger partial charge on any atom is 0.0701 e. The number of hydrogen-bond acceptors (Lipinski definition) is 7. The fraction of sp³-hybridized carbons (Fsp3) is 1.00. The monoisotopic (exact) mass is 306 g/mol. The Kier molecular flexibility index (Phi) is 13.1. The van der Waals surface area contributed by atoms with Crippen LogP contribution in [0.3, 0.4) is 0 Å². The molecule has 1 saturated heterocycles. The molecule has 0 aromatic carbocycles. The lowest BCUT2D eigenvalue weighted by Gasteiger charge is -2.26. The fourth-order valence-corrected chi connectivity index (χ4v) is 1.95. The third-order valence-corrected chi connectivity index (χ3v) is 3.11. The number of hydrogen-bond donors (Lipinski definition) is 2. The summed E-state index contributed by atoms with van der Waals surface area (Å²) in [6.07, 6.45) is 0. The minimum Gasteiger partial charge on any atom is -0.394 e. The van der Waals surface area contributed by atoms with Crippen LogP contribution in [0.15, 0.2) is 0 Å². The molecule has 0 bridgehead atoms. The van der Waals surface area contributed by atoms with E-state index in [2.05, 4.69) is 10.2 Å². The van der Waals surface area contributed by atoms with Crippen molar-refractivity contribution < 1.29 is 24.1 Å². The molecule has 0 spiro atoms. The second-order valence-corrected chi connectivity index (χ2v) is 4.76. The van der Waals surface area contributed by atoms with E-state index in [-0.39, 0.29) is 6.61 Å². The lowest BCUT2D eigenvalue weighted by atomic mass is 10.4. The van der Waals surface area contributed by atoms with E-state index in [1.807, 2.05) is 0 Å². The van der Waals surface area contributed by atoms with Crippen molar-refractivity contribution in [3.05, 3.63) is 0 Å². The van der Waals surface area contributed by atoms with E-state index in [1.165, 1.54) is 0 Å². The van der Waals surface area contributed by atoms with E-state index in [0.29, 0.717) is 46.2 Å². The van der Waals surface area contributed by atoms with Crippen LogP contribution in [0.5, 0.6) is 0 Å². The van der Waals surface area contributed by atoms with Crippen molar-refractivity contribution >= 4 is 0 Å². The van der Waals surface area contributed by atoms with Crippen LogP contribution in [0.25, 0.3) is 0 Å². The van der Waals surface area contributed by atoms with Gasteiger partial charge in [-0.25, -0.2) is 0 Å². The highest BCUT2D eigenvalue weighted by atomic mass is 16.6. The first-order valence-electron chi connectivity index (χ1n) is 7.78.